The minimum atomic E-state index is -0.426. The van der Waals surface area contributed by atoms with Crippen LogP contribution in [0.1, 0.15) is 40.7 Å². The van der Waals surface area contributed by atoms with E-state index >= 15 is 0 Å². The Morgan fingerprint density at radius 3 is 2.37 bits per heavy atom. The van der Waals surface area contributed by atoms with Gasteiger partial charge >= 0.3 is 6.03 Å². The minimum absolute atomic E-state index is 0.0134. The second-order valence-electron chi connectivity index (χ2n) is 9.67. The SMILES string of the molecule is COc1ccc(NC(=O)Nc2ccc(N3CCc4ccccc4C3)c(C(=O)N3CCCCC3)c2)c(OC)c1. The van der Waals surface area contributed by atoms with Crippen LogP contribution in [0.4, 0.5) is 21.9 Å². The zero-order chi connectivity index (χ0) is 26.5. The summed E-state index contributed by atoms with van der Waals surface area (Å²) in [5.41, 5.74) is 5.22. The summed E-state index contributed by atoms with van der Waals surface area (Å²) >= 11 is 0. The van der Waals surface area contributed by atoms with Gasteiger partial charge in [-0.05, 0) is 67.1 Å². The lowest BCUT2D eigenvalue weighted by Gasteiger charge is -2.34. The third-order valence-electron chi connectivity index (χ3n) is 7.26. The highest BCUT2D eigenvalue weighted by Gasteiger charge is 2.26. The number of hydrogen-bond acceptors (Lipinski definition) is 5. The van der Waals surface area contributed by atoms with Crippen molar-refractivity contribution in [1.29, 1.82) is 0 Å². The lowest BCUT2D eigenvalue weighted by atomic mass is 9.98. The van der Waals surface area contributed by atoms with Gasteiger partial charge in [0.15, 0.2) is 0 Å². The van der Waals surface area contributed by atoms with Crippen molar-refractivity contribution < 1.29 is 19.1 Å². The fourth-order valence-corrected chi connectivity index (χ4v) is 5.22. The fraction of sp³-hybridized carbons (Fsp3) is 0.333. The maximum absolute atomic E-state index is 13.7. The number of fused-ring (bicyclic) bond motifs is 1. The van der Waals surface area contributed by atoms with E-state index in [0.717, 1.165) is 57.5 Å². The van der Waals surface area contributed by atoms with Gasteiger partial charge in [0.05, 0.1) is 25.5 Å². The number of amides is 3. The predicted octanol–water partition coefficient (Wildman–Crippen LogP) is 5.54. The van der Waals surface area contributed by atoms with Gasteiger partial charge in [-0.1, -0.05) is 24.3 Å². The van der Waals surface area contributed by atoms with Crippen molar-refractivity contribution in [3.63, 3.8) is 0 Å². The summed E-state index contributed by atoms with van der Waals surface area (Å²) in [6.07, 6.45) is 4.11. The van der Waals surface area contributed by atoms with E-state index in [-0.39, 0.29) is 5.91 Å². The zero-order valence-corrected chi connectivity index (χ0v) is 22.0. The smallest absolute Gasteiger partial charge is 0.323 e. The van der Waals surface area contributed by atoms with Gasteiger partial charge < -0.3 is 29.9 Å². The Bertz CT molecular complexity index is 1320. The molecule has 3 amide bonds. The lowest BCUT2D eigenvalue weighted by Crippen LogP contribution is -2.38. The fourth-order valence-electron chi connectivity index (χ4n) is 5.22. The average Bonchev–Trinajstić information content (AvgIpc) is 2.97. The maximum Gasteiger partial charge on any atom is 0.323 e. The Hall–Kier alpha value is -4.20. The molecule has 2 aliphatic heterocycles. The molecule has 1 fully saturated rings. The molecule has 198 valence electrons. The highest BCUT2D eigenvalue weighted by molar-refractivity contribution is 6.04. The molecule has 0 saturated carbocycles. The number of piperidine rings is 1. The normalized spacial score (nSPS) is 14.9. The molecule has 3 aromatic carbocycles. The monoisotopic (exact) mass is 514 g/mol. The molecular weight excluding hydrogens is 480 g/mol. The number of methoxy groups -OCH3 is 2. The molecule has 2 N–H and O–H groups in total. The summed E-state index contributed by atoms with van der Waals surface area (Å²) in [5, 5.41) is 5.71. The third-order valence-corrected chi connectivity index (χ3v) is 7.26. The molecule has 0 atom stereocenters. The van der Waals surface area contributed by atoms with E-state index in [1.807, 2.05) is 17.0 Å². The number of hydrogen-bond donors (Lipinski definition) is 2. The molecule has 0 aliphatic carbocycles. The molecule has 0 spiro atoms. The van der Waals surface area contributed by atoms with Gasteiger partial charge in [-0.25, -0.2) is 4.79 Å². The van der Waals surface area contributed by atoms with Crippen molar-refractivity contribution in [2.45, 2.75) is 32.2 Å². The molecule has 8 nitrogen and oxygen atoms in total. The van der Waals surface area contributed by atoms with Crippen LogP contribution in [-0.2, 0) is 13.0 Å². The molecule has 0 bridgehead atoms. The van der Waals surface area contributed by atoms with Gasteiger partial charge in [0, 0.05) is 43.6 Å². The second-order valence-corrected chi connectivity index (χ2v) is 9.67. The number of nitrogens with zero attached hydrogens (tertiary/aromatic N) is 2. The number of benzene rings is 3. The molecule has 2 heterocycles. The van der Waals surface area contributed by atoms with Crippen LogP contribution >= 0.6 is 0 Å². The second kappa shape index (κ2) is 11.5. The summed E-state index contributed by atoms with van der Waals surface area (Å²) in [6.45, 7) is 3.11. The molecule has 1 saturated heterocycles. The first-order chi connectivity index (χ1) is 18.6. The van der Waals surface area contributed by atoms with Crippen molar-refractivity contribution in [2.75, 3.05) is 49.4 Å². The van der Waals surface area contributed by atoms with E-state index in [1.54, 1.807) is 31.4 Å². The number of carbonyl (C=O) groups is 2. The van der Waals surface area contributed by atoms with Crippen LogP contribution in [0.3, 0.4) is 0 Å². The molecule has 0 radical (unpaired) electrons. The first-order valence-electron chi connectivity index (χ1n) is 13.1. The van der Waals surface area contributed by atoms with Crippen LogP contribution < -0.4 is 25.0 Å². The topological polar surface area (TPSA) is 83.1 Å². The van der Waals surface area contributed by atoms with Crippen LogP contribution in [0.2, 0.25) is 0 Å². The Kier molecular flexibility index (Phi) is 7.67. The third kappa shape index (κ3) is 5.54. The molecule has 3 aromatic rings. The van der Waals surface area contributed by atoms with Crippen molar-refractivity contribution in [3.05, 3.63) is 77.4 Å². The van der Waals surface area contributed by atoms with Gasteiger partial charge in [-0.15, -0.1) is 0 Å². The quantitative estimate of drug-likeness (QED) is 0.452. The number of likely N-dealkylation sites (tertiary alicyclic amines) is 1. The van der Waals surface area contributed by atoms with Gasteiger partial charge in [-0.2, -0.15) is 0 Å². The summed E-state index contributed by atoms with van der Waals surface area (Å²) in [5.74, 6) is 1.13. The largest absolute Gasteiger partial charge is 0.497 e. The van der Waals surface area contributed by atoms with Crippen molar-refractivity contribution in [3.8, 4) is 11.5 Å². The van der Waals surface area contributed by atoms with Gasteiger partial charge in [0.25, 0.3) is 5.91 Å². The Balaban J connectivity index is 1.39. The molecule has 0 unspecified atom stereocenters. The summed E-state index contributed by atoms with van der Waals surface area (Å²) in [6, 6.07) is 18.8. The van der Waals surface area contributed by atoms with E-state index in [9.17, 15) is 9.59 Å². The highest BCUT2D eigenvalue weighted by Crippen LogP contribution is 2.32. The van der Waals surface area contributed by atoms with Gasteiger partial charge in [0.1, 0.15) is 11.5 Å². The van der Waals surface area contributed by atoms with E-state index in [2.05, 4.69) is 39.8 Å². The molecular formula is C30H34N4O4. The van der Waals surface area contributed by atoms with Crippen LogP contribution in [0.15, 0.2) is 60.7 Å². The van der Waals surface area contributed by atoms with E-state index in [0.29, 0.717) is 28.4 Å². The van der Waals surface area contributed by atoms with E-state index in [1.165, 1.54) is 18.2 Å². The van der Waals surface area contributed by atoms with Crippen LogP contribution in [-0.4, -0.2) is 50.7 Å². The summed E-state index contributed by atoms with van der Waals surface area (Å²) in [7, 11) is 3.11. The summed E-state index contributed by atoms with van der Waals surface area (Å²) < 4.78 is 10.6. The Morgan fingerprint density at radius 2 is 1.61 bits per heavy atom. The number of urea groups is 1. The highest BCUT2D eigenvalue weighted by atomic mass is 16.5. The van der Waals surface area contributed by atoms with Crippen LogP contribution in [0, 0.1) is 0 Å². The van der Waals surface area contributed by atoms with E-state index < -0.39 is 6.03 Å². The molecule has 5 rings (SSSR count). The molecule has 2 aliphatic rings. The first-order valence-corrected chi connectivity index (χ1v) is 13.1. The number of nitrogens with one attached hydrogen (secondary N) is 2. The van der Waals surface area contributed by atoms with Crippen LogP contribution in [0.25, 0.3) is 0 Å². The number of carbonyl (C=O) groups excluding carboxylic acids is 2. The number of rotatable bonds is 6. The van der Waals surface area contributed by atoms with Gasteiger partial charge in [-0.3, -0.25) is 4.79 Å². The molecule has 0 aromatic heterocycles. The maximum atomic E-state index is 13.7. The lowest BCUT2D eigenvalue weighted by molar-refractivity contribution is 0.0725. The Labute approximate surface area is 223 Å². The Morgan fingerprint density at radius 1 is 0.816 bits per heavy atom. The average molecular weight is 515 g/mol. The van der Waals surface area contributed by atoms with Crippen molar-refractivity contribution >= 4 is 29.0 Å². The van der Waals surface area contributed by atoms with Crippen molar-refractivity contribution in [2.24, 2.45) is 0 Å². The van der Waals surface area contributed by atoms with Gasteiger partial charge in [0.2, 0.25) is 0 Å². The van der Waals surface area contributed by atoms with Crippen LogP contribution in [0.5, 0.6) is 11.5 Å². The predicted molar refractivity (Wildman–Crippen MR) is 150 cm³/mol. The van der Waals surface area contributed by atoms with E-state index in [4.69, 9.17) is 9.47 Å². The molecule has 38 heavy (non-hydrogen) atoms. The number of ether oxygens (including phenoxy) is 2. The minimum Gasteiger partial charge on any atom is -0.497 e. The molecule has 8 heteroatoms. The summed E-state index contributed by atoms with van der Waals surface area (Å²) in [4.78, 5) is 30.8. The standard InChI is InChI=1S/C30H34N4O4/c1-37-24-11-12-26(28(19-24)38-2)32-30(36)31-23-10-13-27(25(18-23)29(35)33-15-6-3-7-16-33)34-17-14-21-8-4-5-9-22(21)20-34/h4-5,8-13,18-19H,3,6-7,14-17,20H2,1-2H3,(H2,31,32,36). The van der Waals surface area contributed by atoms with Crippen molar-refractivity contribution in [1.82, 2.24) is 4.90 Å². The zero-order valence-electron chi connectivity index (χ0n) is 22.0. The number of anilines is 3. The first kappa shape index (κ1) is 25.4.